The van der Waals surface area contributed by atoms with Crippen molar-refractivity contribution in [3.8, 4) is 16.8 Å². The van der Waals surface area contributed by atoms with Gasteiger partial charge in [0, 0.05) is 10.4 Å². The third kappa shape index (κ3) is 4.36. The fourth-order valence-corrected chi connectivity index (χ4v) is 5.51. The number of carbonyl (C=O) groups is 1. The first-order valence-electron chi connectivity index (χ1n) is 10.4. The number of fused-ring (bicyclic) bond motifs is 1. The zero-order chi connectivity index (χ0) is 22.8. The number of esters is 1. The molecule has 1 atom stereocenters. The lowest BCUT2D eigenvalue weighted by Gasteiger charge is -2.16. The van der Waals surface area contributed by atoms with Gasteiger partial charge in [0.1, 0.15) is 10.1 Å². The Morgan fingerprint density at radius 1 is 1.03 bits per heavy atom. The molecule has 0 aliphatic rings. The van der Waals surface area contributed by atoms with Gasteiger partial charge >= 0.3 is 5.97 Å². The van der Waals surface area contributed by atoms with E-state index in [1.807, 2.05) is 81.4 Å². The minimum Gasteiger partial charge on any atom is -0.462 e. The van der Waals surface area contributed by atoms with Crippen molar-refractivity contribution >= 4 is 39.3 Å². The van der Waals surface area contributed by atoms with Crippen LogP contribution in [0, 0.1) is 6.92 Å². The molecule has 5 nitrogen and oxygen atoms in total. The summed E-state index contributed by atoms with van der Waals surface area (Å²) in [6, 6.07) is 19.3. The Labute approximate surface area is 195 Å². The van der Waals surface area contributed by atoms with E-state index < -0.39 is 5.25 Å². The van der Waals surface area contributed by atoms with E-state index in [9.17, 15) is 9.59 Å². The normalized spacial score (nSPS) is 12.3. The van der Waals surface area contributed by atoms with Gasteiger partial charge in [-0.05, 0) is 45.4 Å². The Morgan fingerprint density at radius 2 is 1.66 bits per heavy atom. The number of ether oxygens (including phenoxy) is 1. The number of thioether (sulfide) groups is 1. The topological polar surface area (TPSA) is 61.2 Å². The minimum absolute atomic E-state index is 0.142. The summed E-state index contributed by atoms with van der Waals surface area (Å²) in [4.78, 5) is 32.9. The molecule has 1 unspecified atom stereocenters. The molecule has 0 aliphatic heterocycles. The smallest absolute Gasteiger partial charge is 0.319 e. The highest BCUT2D eigenvalue weighted by Crippen LogP contribution is 2.37. The zero-order valence-corrected chi connectivity index (χ0v) is 20.0. The molecule has 2 heterocycles. The Morgan fingerprint density at radius 3 is 2.28 bits per heavy atom. The van der Waals surface area contributed by atoms with Crippen molar-refractivity contribution < 1.29 is 9.53 Å². The molecule has 0 spiro atoms. The van der Waals surface area contributed by atoms with E-state index in [4.69, 9.17) is 9.72 Å². The van der Waals surface area contributed by atoms with Crippen molar-refractivity contribution in [1.29, 1.82) is 0 Å². The second-order valence-corrected chi connectivity index (χ2v) is 10.2. The standard InChI is InChI=1S/C25H24N2O3S2/c1-15(2)30-24(29)17(4)32-25-26-22-21(23(28)27(25)19-13-9-6-10-14-19)20(16(3)31-22)18-11-7-5-8-12-18/h5-15,17H,1-4H3. The van der Waals surface area contributed by atoms with E-state index in [1.165, 1.54) is 23.1 Å². The van der Waals surface area contributed by atoms with Crippen LogP contribution in [0.4, 0.5) is 0 Å². The van der Waals surface area contributed by atoms with Crippen molar-refractivity contribution in [3.05, 3.63) is 75.9 Å². The van der Waals surface area contributed by atoms with Gasteiger partial charge in [-0.2, -0.15) is 0 Å². The quantitative estimate of drug-likeness (QED) is 0.203. The third-order valence-electron chi connectivity index (χ3n) is 4.91. The summed E-state index contributed by atoms with van der Waals surface area (Å²) in [6.45, 7) is 7.42. The van der Waals surface area contributed by atoms with Gasteiger partial charge < -0.3 is 4.74 Å². The molecule has 32 heavy (non-hydrogen) atoms. The van der Waals surface area contributed by atoms with Crippen LogP contribution in [-0.2, 0) is 9.53 Å². The highest BCUT2D eigenvalue weighted by atomic mass is 32.2. The molecule has 0 aliphatic carbocycles. The number of para-hydroxylation sites is 1. The summed E-state index contributed by atoms with van der Waals surface area (Å²) in [5.41, 5.74) is 2.47. The third-order valence-corrected chi connectivity index (χ3v) is 6.94. The predicted octanol–water partition coefficient (Wildman–Crippen LogP) is 5.85. The highest BCUT2D eigenvalue weighted by molar-refractivity contribution is 8.00. The van der Waals surface area contributed by atoms with Crippen molar-refractivity contribution in [2.45, 2.75) is 44.2 Å². The predicted molar refractivity (Wildman–Crippen MR) is 132 cm³/mol. The molecule has 7 heteroatoms. The number of thiophene rings is 1. The molecule has 0 fully saturated rings. The highest BCUT2D eigenvalue weighted by Gasteiger charge is 2.24. The van der Waals surface area contributed by atoms with Crippen LogP contribution in [0.3, 0.4) is 0 Å². The van der Waals surface area contributed by atoms with Crippen LogP contribution in [0.15, 0.2) is 70.6 Å². The first-order valence-corrected chi connectivity index (χ1v) is 12.1. The Kier molecular flexibility index (Phi) is 6.48. The maximum absolute atomic E-state index is 13.9. The molecule has 4 rings (SSSR count). The number of aryl methyl sites for hydroxylation is 1. The van der Waals surface area contributed by atoms with Crippen molar-refractivity contribution in [1.82, 2.24) is 9.55 Å². The van der Waals surface area contributed by atoms with E-state index in [2.05, 4.69) is 0 Å². The fraction of sp³-hybridized carbons (Fsp3) is 0.240. The van der Waals surface area contributed by atoms with Gasteiger partial charge in [0.15, 0.2) is 5.16 Å². The number of aromatic nitrogens is 2. The molecule has 4 aromatic rings. The number of carbonyl (C=O) groups excluding carboxylic acids is 1. The van der Waals surface area contributed by atoms with E-state index in [0.717, 1.165) is 16.0 Å². The number of hydrogen-bond donors (Lipinski definition) is 0. The lowest BCUT2D eigenvalue weighted by Crippen LogP contribution is -2.25. The van der Waals surface area contributed by atoms with Gasteiger partial charge in [-0.3, -0.25) is 14.2 Å². The van der Waals surface area contributed by atoms with Gasteiger partial charge in [0.2, 0.25) is 0 Å². The van der Waals surface area contributed by atoms with Crippen molar-refractivity contribution in [3.63, 3.8) is 0 Å². The number of rotatable bonds is 6. The molecule has 0 radical (unpaired) electrons. The van der Waals surface area contributed by atoms with Crippen LogP contribution >= 0.6 is 23.1 Å². The molecule has 0 saturated carbocycles. The van der Waals surface area contributed by atoms with E-state index in [-0.39, 0.29) is 17.6 Å². The van der Waals surface area contributed by atoms with Crippen LogP contribution in [0.2, 0.25) is 0 Å². The maximum Gasteiger partial charge on any atom is 0.319 e. The molecule has 0 saturated heterocycles. The summed E-state index contributed by atoms with van der Waals surface area (Å²) in [5.74, 6) is -0.328. The summed E-state index contributed by atoms with van der Waals surface area (Å²) in [7, 11) is 0. The van der Waals surface area contributed by atoms with Crippen LogP contribution in [0.1, 0.15) is 25.6 Å². The summed E-state index contributed by atoms with van der Waals surface area (Å²) < 4.78 is 6.96. The lowest BCUT2D eigenvalue weighted by atomic mass is 10.0. The lowest BCUT2D eigenvalue weighted by molar-refractivity contribution is -0.146. The van der Waals surface area contributed by atoms with Gasteiger partial charge in [-0.15, -0.1) is 11.3 Å². The Balaban J connectivity index is 1.93. The number of benzene rings is 2. The molecular formula is C25H24N2O3S2. The average Bonchev–Trinajstić information content (AvgIpc) is 3.10. The average molecular weight is 465 g/mol. The van der Waals surface area contributed by atoms with E-state index >= 15 is 0 Å². The second-order valence-electron chi connectivity index (χ2n) is 7.70. The monoisotopic (exact) mass is 464 g/mol. The van der Waals surface area contributed by atoms with E-state index in [1.54, 1.807) is 11.5 Å². The molecule has 164 valence electrons. The molecular weight excluding hydrogens is 440 g/mol. The second kappa shape index (κ2) is 9.30. The maximum atomic E-state index is 13.9. The van der Waals surface area contributed by atoms with Gasteiger partial charge in [-0.25, -0.2) is 4.98 Å². The fourth-order valence-electron chi connectivity index (χ4n) is 3.51. The molecule has 0 N–H and O–H groups in total. The summed E-state index contributed by atoms with van der Waals surface area (Å²) in [5, 5.41) is 0.568. The van der Waals surface area contributed by atoms with Crippen LogP contribution in [0.5, 0.6) is 0 Å². The minimum atomic E-state index is -0.508. The van der Waals surface area contributed by atoms with Crippen LogP contribution in [-0.4, -0.2) is 26.9 Å². The van der Waals surface area contributed by atoms with Crippen molar-refractivity contribution in [2.24, 2.45) is 0 Å². The van der Waals surface area contributed by atoms with Crippen LogP contribution in [0.25, 0.3) is 27.0 Å². The first kappa shape index (κ1) is 22.3. The largest absolute Gasteiger partial charge is 0.462 e. The molecule has 2 aromatic carbocycles. The summed E-state index contributed by atoms with van der Waals surface area (Å²) >= 11 is 2.74. The Bertz CT molecular complexity index is 1310. The molecule has 0 amide bonds. The number of nitrogens with zero attached hydrogens (tertiary/aromatic N) is 2. The summed E-state index contributed by atoms with van der Waals surface area (Å²) in [6.07, 6.45) is -0.203. The van der Waals surface area contributed by atoms with Gasteiger partial charge in [0.05, 0.1) is 17.2 Å². The van der Waals surface area contributed by atoms with Gasteiger partial charge in [-0.1, -0.05) is 60.3 Å². The molecule has 0 bridgehead atoms. The van der Waals surface area contributed by atoms with Gasteiger partial charge in [0.25, 0.3) is 5.56 Å². The molecule has 2 aromatic heterocycles. The van der Waals surface area contributed by atoms with E-state index in [0.29, 0.717) is 21.1 Å². The zero-order valence-electron chi connectivity index (χ0n) is 18.4. The number of hydrogen-bond acceptors (Lipinski definition) is 6. The Hall–Kier alpha value is -2.90. The SMILES string of the molecule is Cc1sc2nc(SC(C)C(=O)OC(C)C)n(-c3ccccc3)c(=O)c2c1-c1ccccc1. The first-order chi connectivity index (χ1) is 15.4. The van der Waals surface area contributed by atoms with Crippen molar-refractivity contribution in [2.75, 3.05) is 0 Å². The van der Waals surface area contributed by atoms with Crippen LogP contribution < -0.4 is 5.56 Å².